The highest BCUT2D eigenvalue weighted by atomic mass is 16.4. The number of likely N-dealkylation sites (N-methyl/N-ethyl adjacent to an activating group) is 1. The fourth-order valence-corrected chi connectivity index (χ4v) is 3.81. The molecule has 0 aromatic heterocycles. The minimum absolute atomic E-state index is 0.312. The van der Waals surface area contributed by atoms with Crippen molar-refractivity contribution in [1.82, 2.24) is 9.80 Å². The van der Waals surface area contributed by atoms with E-state index in [4.69, 9.17) is 0 Å². The molecule has 1 aromatic rings. The lowest BCUT2D eigenvalue weighted by atomic mass is 10.0. The van der Waals surface area contributed by atoms with E-state index in [9.17, 15) is 24.6 Å². The molecular formula is C20H28N2O5. The standard InChI is InChI=1S/C20H28N2O5/c1-3-21(14(2)18(23)22-13-7-10-16(22)19(24)25)17(20(26)27)12-11-15-8-5-4-6-9-15/h4-6,8-9,14,16-17H,3,7,10-13H2,1-2H3,(H,24,25)(H,26,27)/t14-,16-,17-/m0/s1. The molecule has 148 valence electrons. The number of likely N-dealkylation sites (tertiary alicyclic amines) is 1. The van der Waals surface area contributed by atoms with Gasteiger partial charge in [-0.3, -0.25) is 14.5 Å². The zero-order valence-corrected chi connectivity index (χ0v) is 15.9. The molecule has 1 fully saturated rings. The maximum absolute atomic E-state index is 12.9. The van der Waals surface area contributed by atoms with Crippen molar-refractivity contribution in [1.29, 1.82) is 0 Å². The Kier molecular flexibility index (Phi) is 7.36. The van der Waals surface area contributed by atoms with E-state index in [0.717, 1.165) is 5.56 Å². The third-order valence-corrected chi connectivity index (χ3v) is 5.28. The quantitative estimate of drug-likeness (QED) is 0.683. The lowest BCUT2D eigenvalue weighted by molar-refractivity contribution is -0.153. The predicted octanol–water partition coefficient (Wildman–Crippen LogP) is 1.86. The Balaban J connectivity index is 2.11. The highest BCUT2D eigenvalue weighted by Crippen LogP contribution is 2.21. The Hall–Kier alpha value is -2.41. The van der Waals surface area contributed by atoms with Gasteiger partial charge in [0.25, 0.3) is 0 Å². The van der Waals surface area contributed by atoms with E-state index in [2.05, 4.69) is 0 Å². The third-order valence-electron chi connectivity index (χ3n) is 5.28. The largest absolute Gasteiger partial charge is 0.480 e. The summed E-state index contributed by atoms with van der Waals surface area (Å²) in [5, 5.41) is 19.0. The van der Waals surface area contributed by atoms with Crippen molar-refractivity contribution in [3.8, 4) is 0 Å². The Labute approximate surface area is 159 Å². The van der Waals surface area contributed by atoms with Crippen LogP contribution in [0.25, 0.3) is 0 Å². The third kappa shape index (κ3) is 5.07. The monoisotopic (exact) mass is 376 g/mol. The van der Waals surface area contributed by atoms with Crippen molar-refractivity contribution in [2.45, 2.75) is 57.7 Å². The average Bonchev–Trinajstić information content (AvgIpc) is 3.14. The SMILES string of the molecule is CCN([C@@H](C)C(=O)N1CCC[C@H]1C(=O)O)[C@@H](CCc1ccccc1)C(=O)O. The zero-order valence-electron chi connectivity index (χ0n) is 15.9. The number of rotatable bonds is 9. The summed E-state index contributed by atoms with van der Waals surface area (Å²) in [4.78, 5) is 39.2. The van der Waals surface area contributed by atoms with Gasteiger partial charge in [0.15, 0.2) is 0 Å². The second kappa shape index (κ2) is 9.50. The second-order valence-corrected chi connectivity index (χ2v) is 6.91. The number of carboxylic acid groups (broad SMARTS) is 2. The fourth-order valence-electron chi connectivity index (χ4n) is 3.81. The van der Waals surface area contributed by atoms with Crippen LogP contribution in [0.2, 0.25) is 0 Å². The molecule has 1 aliphatic heterocycles. The van der Waals surface area contributed by atoms with Gasteiger partial charge in [-0.25, -0.2) is 4.79 Å². The van der Waals surface area contributed by atoms with Crippen LogP contribution in [0.3, 0.4) is 0 Å². The van der Waals surface area contributed by atoms with Crippen LogP contribution in [-0.4, -0.2) is 69.1 Å². The number of benzene rings is 1. The van der Waals surface area contributed by atoms with Crippen molar-refractivity contribution in [2.75, 3.05) is 13.1 Å². The van der Waals surface area contributed by atoms with Crippen molar-refractivity contribution in [2.24, 2.45) is 0 Å². The van der Waals surface area contributed by atoms with Crippen LogP contribution in [0.15, 0.2) is 30.3 Å². The lowest BCUT2D eigenvalue weighted by Crippen LogP contribution is -2.55. The molecule has 1 aromatic carbocycles. The van der Waals surface area contributed by atoms with Crippen LogP contribution in [-0.2, 0) is 20.8 Å². The normalized spacial score (nSPS) is 19.1. The molecule has 1 saturated heterocycles. The Bertz CT molecular complexity index is 664. The van der Waals surface area contributed by atoms with Crippen molar-refractivity contribution in [3.05, 3.63) is 35.9 Å². The summed E-state index contributed by atoms with van der Waals surface area (Å²) < 4.78 is 0. The van der Waals surface area contributed by atoms with Gasteiger partial charge in [0.05, 0.1) is 6.04 Å². The van der Waals surface area contributed by atoms with Crippen LogP contribution in [0.4, 0.5) is 0 Å². The fraction of sp³-hybridized carbons (Fsp3) is 0.550. The summed E-state index contributed by atoms with van der Waals surface area (Å²) in [6, 6.07) is 7.32. The lowest BCUT2D eigenvalue weighted by Gasteiger charge is -2.35. The first kappa shape index (κ1) is 20.9. The van der Waals surface area contributed by atoms with Crippen LogP contribution in [0.5, 0.6) is 0 Å². The molecule has 0 aliphatic carbocycles. The van der Waals surface area contributed by atoms with E-state index in [1.807, 2.05) is 37.3 Å². The van der Waals surface area contributed by atoms with Gasteiger partial charge in [0, 0.05) is 6.54 Å². The molecule has 0 saturated carbocycles. The van der Waals surface area contributed by atoms with E-state index < -0.39 is 30.1 Å². The average molecular weight is 376 g/mol. The molecule has 1 heterocycles. The van der Waals surface area contributed by atoms with Gasteiger partial charge in [-0.1, -0.05) is 37.3 Å². The van der Waals surface area contributed by atoms with Crippen LogP contribution in [0.1, 0.15) is 38.7 Å². The number of amides is 1. The van der Waals surface area contributed by atoms with Crippen molar-refractivity contribution in [3.63, 3.8) is 0 Å². The molecular weight excluding hydrogens is 348 g/mol. The highest BCUT2D eigenvalue weighted by Gasteiger charge is 2.39. The maximum atomic E-state index is 12.9. The molecule has 3 atom stereocenters. The minimum atomic E-state index is -1.00. The number of carbonyl (C=O) groups excluding carboxylic acids is 1. The van der Waals surface area contributed by atoms with Gasteiger partial charge >= 0.3 is 11.9 Å². The summed E-state index contributed by atoms with van der Waals surface area (Å²) in [5.74, 6) is -2.29. The van der Waals surface area contributed by atoms with Gasteiger partial charge in [-0.05, 0) is 44.7 Å². The Morgan fingerprint density at radius 3 is 2.44 bits per heavy atom. The first-order chi connectivity index (χ1) is 12.9. The number of hydrogen-bond donors (Lipinski definition) is 2. The Morgan fingerprint density at radius 1 is 1.22 bits per heavy atom. The van der Waals surface area contributed by atoms with Crippen LogP contribution < -0.4 is 0 Å². The van der Waals surface area contributed by atoms with E-state index in [1.165, 1.54) is 4.90 Å². The van der Waals surface area contributed by atoms with E-state index in [-0.39, 0.29) is 5.91 Å². The minimum Gasteiger partial charge on any atom is -0.480 e. The second-order valence-electron chi connectivity index (χ2n) is 6.91. The van der Waals surface area contributed by atoms with Crippen LogP contribution in [0, 0.1) is 0 Å². The van der Waals surface area contributed by atoms with Gasteiger partial charge < -0.3 is 15.1 Å². The molecule has 7 nitrogen and oxygen atoms in total. The van der Waals surface area contributed by atoms with E-state index >= 15 is 0 Å². The molecule has 0 unspecified atom stereocenters. The molecule has 1 aliphatic rings. The summed E-state index contributed by atoms with van der Waals surface area (Å²) in [5.41, 5.74) is 1.05. The van der Waals surface area contributed by atoms with Gasteiger partial charge in [-0.2, -0.15) is 0 Å². The summed E-state index contributed by atoms with van der Waals surface area (Å²) in [6.07, 6.45) is 2.07. The number of carbonyl (C=O) groups is 3. The molecule has 1 amide bonds. The number of aryl methyl sites for hydroxylation is 1. The summed E-state index contributed by atoms with van der Waals surface area (Å²) >= 11 is 0. The smallest absolute Gasteiger partial charge is 0.326 e. The molecule has 7 heteroatoms. The van der Waals surface area contributed by atoms with E-state index in [1.54, 1.807) is 11.8 Å². The first-order valence-electron chi connectivity index (χ1n) is 9.42. The van der Waals surface area contributed by atoms with Crippen LogP contribution >= 0.6 is 0 Å². The Morgan fingerprint density at radius 2 is 1.89 bits per heavy atom. The van der Waals surface area contributed by atoms with E-state index in [0.29, 0.717) is 38.8 Å². The molecule has 0 spiro atoms. The molecule has 27 heavy (non-hydrogen) atoms. The maximum Gasteiger partial charge on any atom is 0.326 e. The van der Waals surface area contributed by atoms with Gasteiger partial charge in [-0.15, -0.1) is 0 Å². The summed E-state index contributed by atoms with van der Waals surface area (Å²) in [6.45, 7) is 4.28. The van der Waals surface area contributed by atoms with Crippen molar-refractivity contribution >= 4 is 17.8 Å². The molecule has 0 radical (unpaired) electrons. The number of hydrogen-bond acceptors (Lipinski definition) is 4. The summed E-state index contributed by atoms with van der Waals surface area (Å²) in [7, 11) is 0. The topological polar surface area (TPSA) is 98.2 Å². The number of carboxylic acids is 2. The zero-order chi connectivity index (χ0) is 20.0. The van der Waals surface area contributed by atoms with Gasteiger partial charge in [0.1, 0.15) is 12.1 Å². The van der Waals surface area contributed by atoms with Crippen molar-refractivity contribution < 1.29 is 24.6 Å². The first-order valence-corrected chi connectivity index (χ1v) is 9.42. The number of nitrogens with zero attached hydrogens (tertiary/aromatic N) is 2. The highest BCUT2D eigenvalue weighted by molar-refractivity contribution is 5.88. The molecule has 2 N–H and O–H groups in total. The predicted molar refractivity (Wildman–Crippen MR) is 100 cm³/mol. The molecule has 0 bridgehead atoms. The van der Waals surface area contributed by atoms with Gasteiger partial charge in [0.2, 0.25) is 5.91 Å². The number of aliphatic carboxylic acids is 2. The molecule has 2 rings (SSSR count).